The highest BCUT2D eigenvalue weighted by atomic mass is 14.9. The van der Waals surface area contributed by atoms with Gasteiger partial charge in [-0.1, -0.05) is 13.3 Å². The number of rotatable bonds is 1. The molecule has 1 rings (SSSR count). The van der Waals surface area contributed by atoms with Crippen molar-refractivity contribution < 1.29 is 0 Å². The molecule has 1 fully saturated rings. The molecule has 0 aliphatic carbocycles. The fourth-order valence-electron chi connectivity index (χ4n) is 1.47. The van der Waals surface area contributed by atoms with Crippen LogP contribution in [0.5, 0.6) is 0 Å². The van der Waals surface area contributed by atoms with Gasteiger partial charge in [0.25, 0.3) is 0 Å². The normalized spacial score (nSPS) is 38.2. The third-order valence-electron chi connectivity index (χ3n) is 2.21. The molecule has 1 heterocycles. The topological polar surface area (TPSA) is 12.0 Å². The summed E-state index contributed by atoms with van der Waals surface area (Å²) in [5, 5.41) is 3.42. The molecule has 1 nitrogen and oxygen atoms in total. The van der Waals surface area contributed by atoms with Crippen LogP contribution in [0.4, 0.5) is 0 Å². The van der Waals surface area contributed by atoms with Gasteiger partial charge in [0.2, 0.25) is 0 Å². The van der Waals surface area contributed by atoms with Gasteiger partial charge in [0.15, 0.2) is 0 Å². The van der Waals surface area contributed by atoms with Gasteiger partial charge < -0.3 is 5.32 Å². The monoisotopic (exact) mass is 113 g/mol. The minimum atomic E-state index is 0.778. The second kappa shape index (κ2) is 2.49. The summed E-state index contributed by atoms with van der Waals surface area (Å²) in [7, 11) is 0. The van der Waals surface area contributed by atoms with Gasteiger partial charge in [-0.2, -0.15) is 0 Å². The summed E-state index contributed by atoms with van der Waals surface area (Å²) < 4.78 is 0. The van der Waals surface area contributed by atoms with Gasteiger partial charge in [-0.25, -0.2) is 0 Å². The van der Waals surface area contributed by atoms with E-state index in [2.05, 4.69) is 19.2 Å². The average molecular weight is 113 g/mol. The molecule has 2 atom stereocenters. The lowest BCUT2D eigenvalue weighted by atomic mass is 10.00. The third-order valence-corrected chi connectivity index (χ3v) is 2.21. The van der Waals surface area contributed by atoms with Crippen LogP contribution in [-0.2, 0) is 0 Å². The molecule has 0 spiro atoms. The molecule has 0 aromatic rings. The Morgan fingerprint density at radius 2 is 2.38 bits per heavy atom. The minimum absolute atomic E-state index is 0.778. The molecule has 0 amide bonds. The Kier molecular flexibility index (Phi) is 1.90. The summed E-state index contributed by atoms with van der Waals surface area (Å²) in [4.78, 5) is 0. The molecule has 0 bridgehead atoms. The summed E-state index contributed by atoms with van der Waals surface area (Å²) in [6, 6.07) is 0.778. The van der Waals surface area contributed by atoms with Crippen LogP contribution in [0.25, 0.3) is 0 Å². The van der Waals surface area contributed by atoms with Crippen molar-refractivity contribution in [2.45, 2.75) is 32.7 Å². The van der Waals surface area contributed by atoms with Crippen molar-refractivity contribution in [1.82, 2.24) is 5.32 Å². The van der Waals surface area contributed by atoms with Crippen molar-refractivity contribution in [3.05, 3.63) is 0 Å². The second-order valence-corrected chi connectivity index (χ2v) is 2.70. The van der Waals surface area contributed by atoms with Gasteiger partial charge >= 0.3 is 0 Å². The first kappa shape index (κ1) is 6.09. The van der Waals surface area contributed by atoms with Gasteiger partial charge in [0.1, 0.15) is 0 Å². The van der Waals surface area contributed by atoms with Gasteiger partial charge in [0, 0.05) is 6.04 Å². The fourth-order valence-corrected chi connectivity index (χ4v) is 1.47. The average Bonchev–Trinajstić information content (AvgIpc) is 2.14. The van der Waals surface area contributed by atoms with Crippen LogP contribution < -0.4 is 5.32 Å². The highest BCUT2D eigenvalue weighted by Gasteiger charge is 2.19. The van der Waals surface area contributed by atoms with Crippen molar-refractivity contribution in [1.29, 1.82) is 0 Å². The second-order valence-electron chi connectivity index (χ2n) is 2.70. The summed E-state index contributed by atoms with van der Waals surface area (Å²) in [6.45, 7) is 5.79. The molecule has 1 saturated heterocycles. The zero-order chi connectivity index (χ0) is 5.98. The van der Waals surface area contributed by atoms with Crippen LogP contribution in [-0.4, -0.2) is 12.6 Å². The van der Waals surface area contributed by atoms with E-state index >= 15 is 0 Å². The van der Waals surface area contributed by atoms with E-state index in [0.29, 0.717) is 0 Å². The van der Waals surface area contributed by atoms with Gasteiger partial charge in [-0.05, 0) is 25.8 Å². The number of hydrogen-bond acceptors (Lipinski definition) is 1. The maximum atomic E-state index is 3.42. The molecule has 1 heteroatoms. The maximum Gasteiger partial charge on any atom is 0.00673 e. The molecule has 8 heavy (non-hydrogen) atoms. The molecule has 1 unspecified atom stereocenters. The molecular formula is C7H15N. The first-order valence-electron chi connectivity index (χ1n) is 3.58. The Hall–Kier alpha value is -0.0400. The standard InChI is InChI=1S/C7H15N/c1-3-7-4-5-8-6(7)2/h6-8H,3-5H2,1-2H3/t6-,7?/m0/s1. The van der Waals surface area contributed by atoms with Crippen molar-refractivity contribution in [2.24, 2.45) is 5.92 Å². The minimum Gasteiger partial charge on any atom is -0.314 e. The van der Waals surface area contributed by atoms with Crippen LogP contribution in [0, 0.1) is 5.92 Å². The van der Waals surface area contributed by atoms with E-state index in [1.54, 1.807) is 0 Å². The summed E-state index contributed by atoms with van der Waals surface area (Å²) in [6.07, 6.45) is 2.73. The Labute approximate surface area is 51.5 Å². The Morgan fingerprint density at radius 1 is 1.62 bits per heavy atom. The van der Waals surface area contributed by atoms with Crippen LogP contribution >= 0.6 is 0 Å². The van der Waals surface area contributed by atoms with Gasteiger partial charge in [-0.15, -0.1) is 0 Å². The van der Waals surface area contributed by atoms with Gasteiger partial charge in [-0.3, -0.25) is 0 Å². The van der Waals surface area contributed by atoms with Crippen LogP contribution in [0.15, 0.2) is 0 Å². The smallest absolute Gasteiger partial charge is 0.00673 e. The van der Waals surface area contributed by atoms with Crippen LogP contribution in [0.2, 0.25) is 0 Å². The number of nitrogens with one attached hydrogen (secondary N) is 1. The fraction of sp³-hybridized carbons (Fsp3) is 1.00. The largest absolute Gasteiger partial charge is 0.314 e. The molecule has 0 aromatic heterocycles. The lowest BCUT2D eigenvalue weighted by molar-refractivity contribution is 0.463. The van der Waals surface area contributed by atoms with Crippen molar-refractivity contribution in [3.63, 3.8) is 0 Å². The molecule has 1 aliphatic rings. The van der Waals surface area contributed by atoms with E-state index in [-0.39, 0.29) is 0 Å². The van der Waals surface area contributed by atoms with Crippen LogP contribution in [0.1, 0.15) is 26.7 Å². The van der Waals surface area contributed by atoms with Crippen molar-refractivity contribution in [3.8, 4) is 0 Å². The Bertz CT molecular complexity index is 70.8. The predicted molar refractivity (Wildman–Crippen MR) is 35.9 cm³/mol. The molecule has 0 aromatic carbocycles. The third kappa shape index (κ3) is 1.03. The highest BCUT2D eigenvalue weighted by Crippen LogP contribution is 2.17. The van der Waals surface area contributed by atoms with Crippen LogP contribution in [0.3, 0.4) is 0 Å². The zero-order valence-electron chi connectivity index (χ0n) is 5.78. The summed E-state index contributed by atoms with van der Waals surface area (Å²) in [5.41, 5.74) is 0. The maximum absolute atomic E-state index is 3.42. The highest BCUT2D eigenvalue weighted by molar-refractivity contribution is 4.78. The van der Waals surface area contributed by atoms with E-state index < -0.39 is 0 Å². The Morgan fingerprint density at radius 3 is 2.62 bits per heavy atom. The number of hydrogen-bond donors (Lipinski definition) is 1. The SMILES string of the molecule is CCC1CCN[C@H]1C. The van der Waals surface area contributed by atoms with E-state index in [9.17, 15) is 0 Å². The zero-order valence-corrected chi connectivity index (χ0v) is 5.78. The first-order valence-corrected chi connectivity index (χ1v) is 3.58. The first-order chi connectivity index (χ1) is 3.84. The van der Waals surface area contributed by atoms with E-state index in [1.807, 2.05) is 0 Å². The van der Waals surface area contributed by atoms with Crippen molar-refractivity contribution in [2.75, 3.05) is 6.54 Å². The quantitative estimate of drug-likeness (QED) is 0.542. The van der Waals surface area contributed by atoms with E-state index in [0.717, 1.165) is 12.0 Å². The lowest BCUT2D eigenvalue weighted by Gasteiger charge is -2.10. The molecule has 0 radical (unpaired) electrons. The lowest BCUT2D eigenvalue weighted by Crippen LogP contribution is -2.22. The molecular weight excluding hydrogens is 98.1 g/mol. The van der Waals surface area contributed by atoms with E-state index in [4.69, 9.17) is 0 Å². The van der Waals surface area contributed by atoms with Crippen molar-refractivity contribution >= 4 is 0 Å². The predicted octanol–water partition coefficient (Wildman–Crippen LogP) is 1.39. The van der Waals surface area contributed by atoms with Gasteiger partial charge in [0.05, 0.1) is 0 Å². The molecule has 1 aliphatic heterocycles. The summed E-state index contributed by atoms with van der Waals surface area (Å²) >= 11 is 0. The summed E-state index contributed by atoms with van der Waals surface area (Å²) in [5.74, 6) is 0.954. The van der Waals surface area contributed by atoms with E-state index in [1.165, 1.54) is 19.4 Å². The Balaban J connectivity index is 2.30. The molecule has 48 valence electrons. The molecule has 1 N–H and O–H groups in total. The molecule has 0 saturated carbocycles.